The van der Waals surface area contributed by atoms with E-state index in [1.54, 1.807) is 30.3 Å². The lowest BCUT2D eigenvalue weighted by Crippen LogP contribution is -2.50. The van der Waals surface area contributed by atoms with Crippen molar-refractivity contribution in [2.75, 3.05) is 30.4 Å². The molecule has 31 heavy (non-hydrogen) atoms. The first-order valence-electron chi connectivity index (χ1n) is 9.81. The highest BCUT2D eigenvalue weighted by Crippen LogP contribution is 2.37. The second-order valence-corrected chi connectivity index (χ2v) is 10.7. The molecule has 4 rings (SSSR count). The van der Waals surface area contributed by atoms with Crippen molar-refractivity contribution in [1.29, 1.82) is 0 Å². The summed E-state index contributed by atoms with van der Waals surface area (Å²) in [7, 11) is -3.43. The summed E-state index contributed by atoms with van der Waals surface area (Å²) in [6.07, 6.45) is 0. The van der Waals surface area contributed by atoms with Gasteiger partial charge >= 0.3 is 0 Å². The molecule has 1 atom stereocenters. The van der Waals surface area contributed by atoms with E-state index >= 15 is 0 Å². The van der Waals surface area contributed by atoms with Gasteiger partial charge in [0.05, 0.1) is 21.6 Å². The molecule has 0 spiro atoms. The van der Waals surface area contributed by atoms with Crippen molar-refractivity contribution >= 4 is 50.3 Å². The molecule has 3 aromatic carbocycles. The Morgan fingerprint density at radius 3 is 2.19 bits per heavy atom. The minimum Gasteiger partial charge on any atom is -0.361 e. The average molecular weight is 496 g/mol. The molecule has 0 N–H and O–H groups in total. The van der Waals surface area contributed by atoms with Gasteiger partial charge in [0.15, 0.2) is 9.84 Å². The van der Waals surface area contributed by atoms with Gasteiger partial charge in [-0.25, -0.2) is 8.42 Å². The van der Waals surface area contributed by atoms with Gasteiger partial charge in [0.25, 0.3) is 0 Å². The predicted molar refractivity (Wildman–Crippen MR) is 128 cm³/mol. The quantitative estimate of drug-likeness (QED) is 0.439. The molecule has 1 heterocycles. The third-order valence-corrected chi connectivity index (χ3v) is 7.88. The number of hydrogen-bond acceptors (Lipinski definition) is 4. The standard InChI is InChI=1S/C23H21Cl3N2O2S/c24-18-8-6-17(7-9-18)23-15-27(16-31(29,30)20-4-2-1-3-5-20)12-13-28(23)22-11-10-19(25)14-21(22)26/h1-11,14,23H,12-13,15-16H2. The van der Waals surface area contributed by atoms with Crippen LogP contribution in [0.15, 0.2) is 77.7 Å². The Hall–Kier alpha value is -1.76. The Balaban J connectivity index is 1.63. The Kier molecular flexibility index (Phi) is 6.80. The smallest absolute Gasteiger partial charge is 0.191 e. The highest BCUT2D eigenvalue weighted by Gasteiger charge is 2.32. The van der Waals surface area contributed by atoms with Crippen molar-refractivity contribution in [3.63, 3.8) is 0 Å². The minimum absolute atomic E-state index is 0.0384. The molecule has 1 aliphatic rings. The molecule has 0 saturated carbocycles. The Bertz CT molecular complexity index is 1160. The first-order valence-corrected chi connectivity index (χ1v) is 12.6. The number of hydrogen-bond donors (Lipinski definition) is 0. The summed E-state index contributed by atoms with van der Waals surface area (Å²) in [6.45, 7) is 1.75. The van der Waals surface area contributed by atoms with Crippen molar-refractivity contribution in [3.8, 4) is 0 Å². The predicted octanol–water partition coefficient (Wildman–Crippen LogP) is 5.94. The van der Waals surface area contributed by atoms with Crippen LogP contribution in [-0.2, 0) is 9.84 Å². The molecule has 0 aromatic heterocycles. The van der Waals surface area contributed by atoms with Crippen LogP contribution in [0.5, 0.6) is 0 Å². The van der Waals surface area contributed by atoms with Crippen molar-refractivity contribution in [2.45, 2.75) is 10.9 Å². The number of piperazine rings is 1. The number of halogens is 3. The molecule has 0 radical (unpaired) electrons. The minimum atomic E-state index is -3.43. The molecule has 0 amide bonds. The molecule has 1 unspecified atom stereocenters. The van der Waals surface area contributed by atoms with Gasteiger partial charge in [-0.3, -0.25) is 4.90 Å². The summed E-state index contributed by atoms with van der Waals surface area (Å²) in [5.74, 6) is -0.0384. The van der Waals surface area contributed by atoms with Crippen LogP contribution in [0.3, 0.4) is 0 Å². The van der Waals surface area contributed by atoms with Crippen molar-refractivity contribution in [2.24, 2.45) is 0 Å². The second kappa shape index (κ2) is 9.39. The van der Waals surface area contributed by atoms with Gasteiger partial charge in [-0.05, 0) is 48.0 Å². The van der Waals surface area contributed by atoms with Gasteiger partial charge in [-0.15, -0.1) is 0 Å². The van der Waals surface area contributed by atoms with E-state index in [0.29, 0.717) is 39.6 Å². The van der Waals surface area contributed by atoms with E-state index in [4.69, 9.17) is 34.8 Å². The molecule has 1 aliphatic heterocycles. The number of benzene rings is 3. The third-order valence-electron chi connectivity index (χ3n) is 5.39. The van der Waals surface area contributed by atoms with Crippen LogP contribution >= 0.6 is 34.8 Å². The molecule has 0 bridgehead atoms. The molecule has 162 valence electrons. The van der Waals surface area contributed by atoms with Crippen molar-refractivity contribution in [1.82, 2.24) is 4.90 Å². The first kappa shape index (κ1) is 22.4. The van der Waals surface area contributed by atoms with Gasteiger partial charge in [-0.1, -0.05) is 65.1 Å². The van der Waals surface area contributed by atoms with E-state index in [1.807, 2.05) is 47.4 Å². The van der Waals surface area contributed by atoms with Gasteiger partial charge < -0.3 is 4.90 Å². The van der Waals surface area contributed by atoms with Gasteiger partial charge in [-0.2, -0.15) is 0 Å². The van der Waals surface area contributed by atoms with E-state index < -0.39 is 9.84 Å². The highest BCUT2D eigenvalue weighted by atomic mass is 35.5. The Morgan fingerprint density at radius 2 is 1.52 bits per heavy atom. The zero-order valence-corrected chi connectivity index (χ0v) is 19.7. The SMILES string of the molecule is O=S(=O)(CN1CCN(c2ccc(Cl)cc2Cl)C(c2ccc(Cl)cc2)C1)c1ccccc1. The second-order valence-electron chi connectivity index (χ2n) is 7.49. The van der Waals surface area contributed by atoms with Crippen LogP contribution in [0.2, 0.25) is 15.1 Å². The van der Waals surface area contributed by atoms with Crippen LogP contribution in [-0.4, -0.2) is 38.8 Å². The number of nitrogens with zero attached hydrogens (tertiary/aromatic N) is 2. The van der Waals surface area contributed by atoms with E-state index in [9.17, 15) is 8.42 Å². The Morgan fingerprint density at radius 1 is 0.839 bits per heavy atom. The maximum atomic E-state index is 12.9. The lowest BCUT2D eigenvalue weighted by molar-refractivity contribution is 0.254. The number of sulfone groups is 1. The van der Waals surface area contributed by atoms with Crippen LogP contribution in [0.1, 0.15) is 11.6 Å². The van der Waals surface area contributed by atoms with E-state index in [0.717, 1.165) is 11.3 Å². The fourth-order valence-electron chi connectivity index (χ4n) is 3.87. The summed E-state index contributed by atoms with van der Waals surface area (Å²) in [4.78, 5) is 4.51. The third kappa shape index (κ3) is 5.18. The molecule has 1 saturated heterocycles. The average Bonchev–Trinajstić information content (AvgIpc) is 2.75. The molecule has 3 aromatic rings. The van der Waals surface area contributed by atoms with Crippen molar-refractivity contribution < 1.29 is 8.42 Å². The lowest BCUT2D eigenvalue weighted by Gasteiger charge is -2.43. The monoisotopic (exact) mass is 494 g/mol. The maximum Gasteiger partial charge on any atom is 0.191 e. The Labute approximate surface area is 197 Å². The van der Waals surface area contributed by atoms with Crippen LogP contribution in [0.4, 0.5) is 5.69 Å². The van der Waals surface area contributed by atoms with Crippen molar-refractivity contribution in [3.05, 3.63) is 93.4 Å². The molecule has 1 fully saturated rings. The van der Waals surface area contributed by atoms with E-state index in [2.05, 4.69) is 4.90 Å². The number of anilines is 1. The fourth-order valence-corrected chi connectivity index (χ4v) is 5.95. The molecular weight excluding hydrogens is 475 g/mol. The highest BCUT2D eigenvalue weighted by molar-refractivity contribution is 7.91. The number of rotatable bonds is 5. The van der Waals surface area contributed by atoms with E-state index in [-0.39, 0.29) is 11.9 Å². The molecule has 4 nitrogen and oxygen atoms in total. The lowest BCUT2D eigenvalue weighted by atomic mass is 10.0. The van der Waals surface area contributed by atoms with E-state index in [1.165, 1.54) is 0 Å². The topological polar surface area (TPSA) is 40.6 Å². The van der Waals surface area contributed by atoms with Crippen LogP contribution in [0.25, 0.3) is 0 Å². The van der Waals surface area contributed by atoms with Crippen LogP contribution in [0, 0.1) is 0 Å². The molecule has 0 aliphatic carbocycles. The zero-order valence-electron chi connectivity index (χ0n) is 16.6. The largest absolute Gasteiger partial charge is 0.361 e. The van der Waals surface area contributed by atoms with Gasteiger partial charge in [0.2, 0.25) is 0 Å². The summed E-state index contributed by atoms with van der Waals surface area (Å²) >= 11 is 18.7. The maximum absolute atomic E-state index is 12.9. The summed E-state index contributed by atoms with van der Waals surface area (Å²) in [5, 5.41) is 1.79. The molecular formula is C23H21Cl3N2O2S. The summed E-state index contributed by atoms with van der Waals surface area (Å²) < 4.78 is 25.8. The van der Waals surface area contributed by atoms with Gasteiger partial charge in [0.1, 0.15) is 5.88 Å². The normalized spacial score (nSPS) is 17.6. The van der Waals surface area contributed by atoms with Gasteiger partial charge in [0, 0.05) is 29.7 Å². The first-order chi connectivity index (χ1) is 14.8. The van der Waals surface area contributed by atoms with Crippen LogP contribution < -0.4 is 4.90 Å². The summed E-state index contributed by atoms with van der Waals surface area (Å²) in [6, 6.07) is 21.6. The molecule has 8 heteroatoms. The fraction of sp³-hybridized carbons (Fsp3) is 0.217. The zero-order chi connectivity index (χ0) is 22.0. The summed E-state index contributed by atoms with van der Waals surface area (Å²) in [5.41, 5.74) is 1.91.